The van der Waals surface area contributed by atoms with Crippen molar-refractivity contribution in [1.82, 2.24) is 0 Å². The van der Waals surface area contributed by atoms with E-state index < -0.39 is 5.41 Å². The summed E-state index contributed by atoms with van der Waals surface area (Å²) in [6, 6.07) is 16.2. The zero-order valence-corrected chi connectivity index (χ0v) is 13.4. The van der Waals surface area contributed by atoms with Gasteiger partial charge in [-0.3, -0.25) is 4.79 Å². The molecule has 104 valence electrons. The lowest BCUT2D eigenvalue weighted by molar-refractivity contribution is -0.146. The van der Waals surface area contributed by atoms with Crippen LogP contribution in [0.15, 0.2) is 53.0 Å². The van der Waals surface area contributed by atoms with Crippen LogP contribution in [0.3, 0.4) is 0 Å². The fourth-order valence-electron chi connectivity index (χ4n) is 2.09. The Morgan fingerprint density at radius 2 is 1.40 bits per heavy atom. The molecule has 0 amide bonds. The average Bonchev–Trinajstić information content (AvgIpc) is 2.47. The molecule has 2 aromatic carbocycles. The number of benzene rings is 2. The zero-order chi connectivity index (χ0) is 14.8. The topological polar surface area (TPSA) is 26.3 Å². The fourth-order valence-corrected chi connectivity index (χ4v) is 2.36. The molecule has 0 aliphatic rings. The molecule has 20 heavy (non-hydrogen) atoms. The van der Waals surface area contributed by atoms with Crippen molar-refractivity contribution in [3.05, 3.63) is 58.6 Å². The maximum Gasteiger partial charge on any atom is 0.315 e. The van der Waals surface area contributed by atoms with Gasteiger partial charge in [-0.2, -0.15) is 0 Å². The van der Waals surface area contributed by atoms with E-state index >= 15 is 0 Å². The van der Waals surface area contributed by atoms with Gasteiger partial charge in [0, 0.05) is 4.47 Å². The fraction of sp³-hybridized carbons (Fsp3) is 0.235. The van der Waals surface area contributed by atoms with Crippen molar-refractivity contribution in [2.45, 2.75) is 19.3 Å². The summed E-state index contributed by atoms with van der Waals surface area (Å²) in [5, 5.41) is 0. The van der Waals surface area contributed by atoms with Crippen molar-refractivity contribution in [3.63, 3.8) is 0 Å². The summed E-state index contributed by atoms with van der Waals surface area (Å²) in [4.78, 5) is 11.8. The Hall–Kier alpha value is -1.61. The Labute approximate surface area is 127 Å². The minimum atomic E-state index is -0.632. The van der Waals surface area contributed by atoms with Crippen LogP contribution in [0.1, 0.15) is 19.4 Å². The third-order valence-electron chi connectivity index (χ3n) is 3.48. The molecule has 0 spiro atoms. The summed E-state index contributed by atoms with van der Waals surface area (Å²) in [7, 11) is 1.42. The van der Waals surface area contributed by atoms with Gasteiger partial charge in [0.1, 0.15) is 0 Å². The minimum absolute atomic E-state index is 0.228. The number of carbonyl (C=O) groups is 1. The molecular formula is C17H17BrO2. The molecule has 0 atom stereocenters. The number of hydrogen-bond acceptors (Lipinski definition) is 2. The summed E-state index contributed by atoms with van der Waals surface area (Å²) >= 11 is 3.43. The van der Waals surface area contributed by atoms with Gasteiger partial charge in [-0.25, -0.2) is 0 Å². The third kappa shape index (κ3) is 2.93. The van der Waals surface area contributed by atoms with Crippen molar-refractivity contribution in [2.24, 2.45) is 0 Å². The van der Waals surface area contributed by atoms with Gasteiger partial charge >= 0.3 is 5.97 Å². The van der Waals surface area contributed by atoms with Crippen LogP contribution in [0.25, 0.3) is 11.1 Å². The van der Waals surface area contributed by atoms with E-state index in [-0.39, 0.29) is 5.97 Å². The van der Waals surface area contributed by atoms with Crippen LogP contribution in [0.5, 0.6) is 0 Å². The molecule has 0 unspecified atom stereocenters. The Bertz CT molecular complexity index is 598. The van der Waals surface area contributed by atoms with Gasteiger partial charge in [-0.05, 0) is 42.7 Å². The standard InChI is InChI=1S/C17H17BrO2/c1-17(2,16(19)20-3)14-8-4-12(5-9-14)13-6-10-15(18)11-7-13/h4-11H,1-3H3. The molecule has 3 heteroatoms. The quantitative estimate of drug-likeness (QED) is 0.770. The first-order valence-electron chi connectivity index (χ1n) is 6.40. The lowest BCUT2D eigenvalue weighted by Crippen LogP contribution is -2.30. The molecule has 0 saturated carbocycles. The smallest absolute Gasteiger partial charge is 0.315 e. The largest absolute Gasteiger partial charge is 0.468 e. The van der Waals surface area contributed by atoms with Crippen LogP contribution in [0.2, 0.25) is 0 Å². The van der Waals surface area contributed by atoms with E-state index in [0.717, 1.165) is 21.2 Å². The molecular weight excluding hydrogens is 316 g/mol. The summed E-state index contributed by atoms with van der Waals surface area (Å²) in [6.07, 6.45) is 0. The predicted octanol–water partition coefficient (Wildman–Crippen LogP) is 4.57. The highest BCUT2D eigenvalue weighted by Crippen LogP contribution is 2.28. The number of hydrogen-bond donors (Lipinski definition) is 0. The Balaban J connectivity index is 2.31. The van der Waals surface area contributed by atoms with Crippen LogP contribution >= 0.6 is 15.9 Å². The minimum Gasteiger partial charge on any atom is -0.468 e. The van der Waals surface area contributed by atoms with Crippen LogP contribution in [-0.4, -0.2) is 13.1 Å². The van der Waals surface area contributed by atoms with Crippen LogP contribution in [0, 0.1) is 0 Å². The second-order valence-electron chi connectivity index (χ2n) is 5.20. The van der Waals surface area contributed by atoms with Crippen LogP contribution < -0.4 is 0 Å². The summed E-state index contributed by atoms with van der Waals surface area (Å²) < 4.78 is 5.91. The highest BCUT2D eigenvalue weighted by atomic mass is 79.9. The Morgan fingerprint density at radius 1 is 0.950 bits per heavy atom. The molecule has 2 nitrogen and oxygen atoms in total. The van der Waals surface area contributed by atoms with Crippen molar-refractivity contribution >= 4 is 21.9 Å². The number of halogens is 1. The van der Waals surface area contributed by atoms with E-state index in [1.165, 1.54) is 7.11 Å². The van der Waals surface area contributed by atoms with Gasteiger partial charge < -0.3 is 4.74 Å². The number of rotatable bonds is 3. The number of esters is 1. The highest BCUT2D eigenvalue weighted by molar-refractivity contribution is 9.10. The lowest BCUT2D eigenvalue weighted by Gasteiger charge is -2.22. The number of methoxy groups -OCH3 is 1. The highest BCUT2D eigenvalue weighted by Gasteiger charge is 2.30. The monoisotopic (exact) mass is 332 g/mol. The van der Waals surface area contributed by atoms with Crippen LogP contribution in [-0.2, 0) is 14.9 Å². The Morgan fingerprint density at radius 3 is 1.85 bits per heavy atom. The van der Waals surface area contributed by atoms with Gasteiger partial charge in [0.25, 0.3) is 0 Å². The first kappa shape index (κ1) is 14.8. The van der Waals surface area contributed by atoms with Crippen molar-refractivity contribution in [1.29, 1.82) is 0 Å². The number of carbonyl (C=O) groups excluding carboxylic acids is 1. The summed E-state index contributed by atoms with van der Waals surface area (Å²) in [5.41, 5.74) is 2.59. The van der Waals surface area contributed by atoms with Gasteiger partial charge in [-0.1, -0.05) is 52.3 Å². The molecule has 0 N–H and O–H groups in total. The molecule has 2 aromatic rings. The first-order valence-corrected chi connectivity index (χ1v) is 7.19. The van der Waals surface area contributed by atoms with Crippen molar-refractivity contribution in [2.75, 3.05) is 7.11 Å². The van der Waals surface area contributed by atoms with Gasteiger partial charge in [0.2, 0.25) is 0 Å². The molecule has 0 fully saturated rings. The normalized spacial score (nSPS) is 11.2. The number of ether oxygens (including phenoxy) is 1. The van der Waals surface area contributed by atoms with Crippen molar-refractivity contribution in [3.8, 4) is 11.1 Å². The average molecular weight is 333 g/mol. The molecule has 0 heterocycles. The van der Waals surface area contributed by atoms with E-state index in [1.807, 2.05) is 50.2 Å². The molecule has 0 aromatic heterocycles. The van der Waals surface area contributed by atoms with Crippen LogP contribution in [0.4, 0.5) is 0 Å². The third-order valence-corrected chi connectivity index (χ3v) is 4.01. The van der Waals surface area contributed by atoms with Gasteiger partial charge in [0.15, 0.2) is 0 Å². The molecule has 0 radical (unpaired) electrons. The van der Waals surface area contributed by atoms with E-state index in [1.54, 1.807) is 0 Å². The zero-order valence-electron chi connectivity index (χ0n) is 11.8. The molecule has 0 bridgehead atoms. The summed E-state index contributed by atoms with van der Waals surface area (Å²) in [5.74, 6) is -0.228. The Kier molecular flexibility index (Phi) is 4.29. The summed E-state index contributed by atoms with van der Waals surface area (Å²) in [6.45, 7) is 3.74. The van der Waals surface area contributed by atoms with Crippen molar-refractivity contribution < 1.29 is 9.53 Å². The maximum absolute atomic E-state index is 11.8. The molecule has 0 saturated heterocycles. The second-order valence-corrected chi connectivity index (χ2v) is 6.12. The SMILES string of the molecule is COC(=O)C(C)(C)c1ccc(-c2ccc(Br)cc2)cc1. The molecule has 0 aliphatic carbocycles. The van der Waals surface area contributed by atoms with E-state index in [2.05, 4.69) is 28.1 Å². The van der Waals surface area contributed by atoms with Gasteiger partial charge in [-0.15, -0.1) is 0 Å². The van der Waals surface area contributed by atoms with Gasteiger partial charge in [0.05, 0.1) is 12.5 Å². The molecule has 2 rings (SSSR count). The van der Waals surface area contributed by atoms with E-state index in [0.29, 0.717) is 0 Å². The van der Waals surface area contributed by atoms with E-state index in [4.69, 9.17) is 4.74 Å². The second kappa shape index (κ2) is 5.80. The maximum atomic E-state index is 11.8. The lowest BCUT2D eigenvalue weighted by atomic mass is 9.84. The first-order chi connectivity index (χ1) is 9.45. The van der Waals surface area contributed by atoms with E-state index in [9.17, 15) is 4.79 Å². The molecule has 0 aliphatic heterocycles. The predicted molar refractivity (Wildman–Crippen MR) is 84.6 cm³/mol.